The van der Waals surface area contributed by atoms with Crippen molar-refractivity contribution in [2.75, 3.05) is 27.3 Å². The van der Waals surface area contributed by atoms with Gasteiger partial charge in [-0.15, -0.1) is 12.8 Å². The number of benzene rings is 2. The van der Waals surface area contributed by atoms with Gasteiger partial charge < -0.3 is 32.9 Å². The number of hydrogen-bond acceptors (Lipinski definition) is 17. The molecule has 0 unspecified atom stereocenters. The van der Waals surface area contributed by atoms with Crippen LogP contribution in [-0.4, -0.2) is 106 Å². The molecule has 0 amide bonds. The number of halogens is 5. The summed E-state index contributed by atoms with van der Waals surface area (Å²) in [5.74, 6) is 1.02. The minimum Gasteiger partial charge on any atom is -1.00 e. The number of guanidine groups is 2. The van der Waals surface area contributed by atoms with Crippen molar-refractivity contribution in [3.63, 3.8) is 0 Å². The van der Waals surface area contributed by atoms with E-state index in [-0.39, 0.29) is 215 Å². The number of nitrogens with two attached hydrogens (primary N) is 2. The molecule has 0 aliphatic carbocycles. The number of terminal acetylenes is 2. The summed E-state index contributed by atoms with van der Waals surface area (Å²) in [5, 5.41) is 16.2. The Kier molecular flexibility index (Phi) is 26.4. The van der Waals surface area contributed by atoms with E-state index in [2.05, 4.69) is 47.2 Å². The maximum atomic E-state index is 14.9. The quantitative estimate of drug-likeness (QED) is 0.0547. The van der Waals surface area contributed by atoms with Crippen molar-refractivity contribution in [1.29, 1.82) is 0 Å². The molecule has 0 saturated carbocycles. The average molecular weight is 1320 g/mol. The Balaban J connectivity index is 0.00000122. The monoisotopic (exact) mass is 1310 g/mol. The van der Waals surface area contributed by atoms with Gasteiger partial charge in [-0.05, 0) is 89.1 Å². The molecule has 0 saturated heterocycles. The van der Waals surface area contributed by atoms with Crippen molar-refractivity contribution in [2.45, 2.75) is 62.1 Å². The zero-order valence-electron chi connectivity index (χ0n) is 42.2. The number of aliphatic hydroxyl groups excluding tert-OH is 1. The van der Waals surface area contributed by atoms with E-state index >= 15 is 0 Å². The molecule has 382 valence electrons. The summed E-state index contributed by atoms with van der Waals surface area (Å²) < 4.78 is 115. The third-order valence-electron chi connectivity index (χ3n) is 11.5. The van der Waals surface area contributed by atoms with Gasteiger partial charge in [-0.1, -0.05) is 35.6 Å². The number of rotatable bonds is 9. The molecule has 28 heteroatoms. The number of aromatic nitrogens is 4. The van der Waals surface area contributed by atoms with E-state index in [9.17, 15) is 34.4 Å². The fourth-order valence-electron chi connectivity index (χ4n) is 6.59. The molecule has 2 aromatic carbocycles. The predicted molar refractivity (Wildman–Crippen MR) is 258 cm³/mol. The zero-order chi connectivity index (χ0) is 53.9. The second-order valence-corrected chi connectivity index (χ2v) is 21.4. The van der Waals surface area contributed by atoms with Gasteiger partial charge in [0.1, 0.15) is 55.4 Å². The third kappa shape index (κ3) is 15.1. The van der Waals surface area contributed by atoms with Crippen molar-refractivity contribution in [3.05, 3.63) is 112 Å². The number of ether oxygens (including phenoxy) is 1. The first-order chi connectivity index (χ1) is 33.0. The predicted octanol–water partition coefficient (Wildman–Crippen LogP) is -1.83. The first kappa shape index (κ1) is 68.0. The van der Waals surface area contributed by atoms with Crippen molar-refractivity contribution < 1.29 is 198 Å². The second kappa shape index (κ2) is 28.4. The van der Waals surface area contributed by atoms with Gasteiger partial charge in [-0.3, -0.25) is 4.79 Å². The summed E-state index contributed by atoms with van der Waals surface area (Å²) in [6, 6.07) is 7.64. The number of aliphatic imine (C=N–C) groups is 2. The molecule has 2 aliphatic heterocycles. The normalized spacial score (nSPS) is 20.0. The maximum Gasteiger partial charge on any atom is 1.00 e. The number of sulfonamides is 2. The molecule has 73 heavy (non-hydrogen) atoms. The van der Waals surface area contributed by atoms with Crippen LogP contribution in [0.15, 0.2) is 71.2 Å². The molecule has 0 radical (unpaired) electrons. The van der Waals surface area contributed by atoms with Gasteiger partial charge in [0.05, 0.1) is 24.8 Å². The summed E-state index contributed by atoms with van der Waals surface area (Å²) in [4.78, 5) is 35.4. The van der Waals surface area contributed by atoms with Crippen LogP contribution in [0, 0.1) is 36.3 Å². The van der Waals surface area contributed by atoms with Crippen LogP contribution in [0.25, 0.3) is 23.8 Å². The molecule has 4 aromatic rings. The van der Waals surface area contributed by atoms with Gasteiger partial charge in [0.25, 0.3) is 6.47 Å². The number of aliphatic hydroxyl groups is 1. The molecule has 2 aromatic heterocycles. The van der Waals surface area contributed by atoms with Crippen LogP contribution in [0.3, 0.4) is 0 Å². The number of hydrogen-bond donors (Lipinski definition) is 3. The van der Waals surface area contributed by atoms with Crippen LogP contribution in [0.2, 0.25) is 5.15 Å². The van der Waals surface area contributed by atoms with E-state index in [0.717, 1.165) is 39.1 Å². The minimum absolute atomic E-state index is 0. The van der Waals surface area contributed by atoms with Crippen LogP contribution < -0.4 is 159 Å². The molecule has 0 bridgehead atoms. The van der Waals surface area contributed by atoms with Gasteiger partial charge in [0, 0.05) is 25.2 Å². The summed E-state index contributed by atoms with van der Waals surface area (Å²) in [6.07, 6.45) is 16.6. The Morgan fingerprint density at radius 3 is 1.47 bits per heavy atom. The Labute approximate surface area is 545 Å². The molecule has 6 rings (SSSR count). The van der Waals surface area contributed by atoms with Crippen molar-refractivity contribution in [2.24, 2.45) is 21.5 Å². The third-order valence-corrected chi connectivity index (χ3v) is 16.9. The number of nitrogens with zero attached hydrogens (tertiary/aromatic N) is 8. The van der Waals surface area contributed by atoms with Gasteiger partial charge in [0.15, 0.2) is 18.3 Å². The summed E-state index contributed by atoms with van der Waals surface area (Å²) >= 11 is 5.66. The number of carbonyl (C=O) groups excluding carboxylic acids is 1. The summed E-state index contributed by atoms with van der Waals surface area (Å²) in [5.41, 5.74) is 8.86. The first-order valence-corrected chi connectivity index (χ1v) is 23.4. The van der Waals surface area contributed by atoms with Crippen molar-refractivity contribution in [3.8, 4) is 30.6 Å². The average Bonchev–Trinajstić information content (AvgIpc) is 3.33. The van der Waals surface area contributed by atoms with Gasteiger partial charge >= 0.3 is 138 Å². The standard InChI is InChI=1S/C22H23F2N5O3S.C19H20ClF2N5O2S.C3H4O.CH2O3.2Cs.H/c1-6-9-32-19-13-26-18(12-27-19)17(24)11-14-7-8-16(23)15(10-14)22(4)21(2,3)33(30,31)29(5)20(25)28-22;1-18(2)19(3,26-17(23)27(4)30(18,28)29)12-7-11(5-6-13(12)21)8-14(22)15-9-25-16(20)10-24-15;1-2-3-4;2-1-4-3;;;/h1,7-8,10-13H,9H2,2-5H3,(H2,25,28);5-10H,1-4H3,(H2,23,26);1,4H,3H2;1,3H;;;/q;;;;2*+1;-1/p-1/b17-11-;14-8-;;;;;/t22-;19-;;;;;/m11...../s1. The molecular weight excluding hydrogens is 1270 g/mol. The second-order valence-electron chi connectivity index (χ2n) is 16.0. The largest absolute Gasteiger partial charge is 1.00 e. The zero-order valence-corrected chi connectivity index (χ0v) is 56.2. The Morgan fingerprint density at radius 2 is 1.15 bits per heavy atom. The molecule has 2 atom stereocenters. The number of carbonyl (C=O) groups is 1. The van der Waals surface area contributed by atoms with Crippen LogP contribution >= 0.6 is 11.6 Å². The van der Waals surface area contributed by atoms with E-state index in [0.29, 0.717) is 0 Å². The smallest absolute Gasteiger partial charge is 1.00 e. The SMILES string of the molecule is C#CCO.C#CCOc1cnc(/C(F)=C/c2ccc(F)c([C@@]3(C)N=C(N)N(C)S(=O)(=O)C3(C)C)c2)cn1.CN1C(N)=N[C@](C)(c2cc(/C=C(\F)c3cnc(Cl)cn3)ccc2F)C(C)(C)S1(=O)=O.O=CO[O-].[Cs+].[Cs+].[H-]. The molecule has 5 N–H and O–H groups in total. The van der Waals surface area contributed by atoms with Gasteiger partial charge in [-0.2, -0.15) is 0 Å². The van der Waals surface area contributed by atoms with Gasteiger partial charge in [-0.25, -0.2) is 72.9 Å². The summed E-state index contributed by atoms with van der Waals surface area (Å²) in [6.45, 7) is 8.40. The topological polar surface area (TPSA) is 282 Å². The first-order valence-electron chi connectivity index (χ1n) is 20.1. The van der Waals surface area contributed by atoms with E-state index in [1.54, 1.807) is 0 Å². The van der Waals surface area contributed by atoms with Crippen molar-refractivity contribution >= 4 is 73.8 Å². The van der Waals surface area contributed by atoms with E-state index in [4.69, 9.17) is 49.4 Å². The van der Waals surface area contributed by atoms with Crippen LogP contribution in [-0.2, 0) is 40.8 Å². The maximum absolute atomic E-state index is 14.9. The Morgan fingerprint density at radius 1 is 0.767 bits per heavy atom. The van der Waals surface area contributed by atoms with Crippen LogP contribution in [0.4, 0.5) is 17.6 Å². The fourth-order valence-corrected chi connectivity index (χ4v) is 9.94. The minimum atomic E-state index is -3.97. The summed E-state index contributed by atoms with van der Waals surface area (Å²) in [7, 11) is -5.36. The molecule has 0 fully saturated rings. The van der Waals surface area contributed by atoms with Crippen LogP contribution in [0.5, 0.6) is 5.88 Å². The molecule has 19 nitrogen and oxygen atoms in total. The molecule has 2 aliphatic rings. The Bertz CT molecular complexity index is 3060. The molecule has 4 heterocycles. The van der Waals surface area contributed by atoms with E-state index < -0.39 is 63.9 Å². The molecular formula is C45H49ClCs2F4N10O9S2. The fraction of sp³-hybridized carbons (Fsp3) is 0.311. The molecule has 0 spiro atoms. The van der Waals surface area contributed by atoms with Crippen molar-refractivity contribution in [1.82, 2.24) is 28.5 Å². The van der Waals surface area contributed by atoms with E-state index in [1.807, 2.05) is 5.92 Å². The van der Waals surface area contributed by atoms with Gasteiger partial charge in [0.2, 0.25) is 37.8 Å². The van der Waals surface area contributed by atoms with E-state index in [1.165, 1.54) is 98.5 Å². The van der Waals surface area contributed by atoms with Crippen LogP contribution in [0.1, 0.15) is 76.6 Å². The Hall–Kier alpha value is -3.06.